The number of amides is 1. The Morgan fingerprint density at radius 1 is 1.31 bits per heavy atom. The highest BCUT2D eigenvalue weighted by atomic mass is 35.5. The first kappa shape index (κ1) is 19.2. The van der Waals surface area contributed by atoms with Gasteiger partial charge in [0.25, 0.3) is 11.6 Å². The average Bonchev–Trinajstić information content (AvgIpc) is 2.94. The van der Waals surface area contributed by atoms with Crippen LogP contribution >= 0.6 is 11.6 Å². The number of hydrogen-bond donors (Lipinski definition) is 1. The van der Waals surface area contributed by atoms with Crippen molar-refractivity contribution in [2.24, 2.45) is 11.0 Å². The number of aryl methyl sites for hydroxylation is 1. The first-order valence-corrected chi connectivity index (χ1v) is 8.98. The lowest BCUT2D eigenvalue weighted by atomic mass is 9.83. The zero-order valence-electron chi connectivity index (χ0n) is 14.3. The van der Waals surface area contributed by atoms with Gasteiger partial charge in [-0.05, 0) is 43.4 Å². The van der Waals surface area contributed by atoms with Gasteiger partial charge in [-0.25, -0.2) is 0 Å². The fourth-order valence-electron chi connectivity index (χ4n) is 3.58. The molecule has 142 valence electrons. The van der Waals surface area contributed by atoms with Gasteiger partial charge in [-0.3, -0.25) is 4.79 Å². The van der Waals surface area contributed by atoms with E-state index in [4.69, 9.17) is 11.6 Å². The minimum absolute atomic E-state index is 0.0286. The van der Waals surface area contributed by atoms with Gasteiger partial charge in [0.15, 0.2) is 0 Å². The van der Waals surface area contributed by atoms with E-state index < -0.39 is 24.2 Å². The Morgan fingerprint density at radius 2 is 1.96 bits per heavy atom. The molecule has 1 heterocycles. The standard InChI is InChI=1S/C18H20ClF3N2O2/c1-11-7-8-13(14(19)9-11)16(25)24-17(26,18(20,21)22)10-15(23-24)12-5-3-2-4-6-12/h7-9,12,26H,2-6,10H2,1H3. The van der Waals surface area contributed by atoms with Crippen LogP contribution in [0.3, 0.4) is 0 Å². The van der Waals surface area contributed by atoms with E-state index in [-0.39, 0.29) is 27.2 Å². The summed E-state index contributed by atoms with van der Waals surface area (Å²) in [5.41, 5.74) is -2.45. The molecule has 2 aliphatic rings. The molecule has 1 unspecified atom stereocenters. The van der Waals surface area contributed by atoms with Crippen molar-refractivity contribution in [1.29, 1.82) is 0 Å². The Bertz CT molecular complexity index is 744. The van der Waals surface area contributed by atoms with Crippen LogP contribution in [0.25, 0.3) is 0 Å². The van der Waals surface area contributed by atoms with Crippen LogP contribution in [0, 0.1) is 12.8 Å². The van der Waals surface area contributed by atoms with Crippen LogP contribution in [0.15, 0.2) is 23.3 Å². The molecule has 4 nitrogen and oxygen atoms in total. The topological polar surface area (TPSA) is 52.9 Å². The van der Waals surface area contributed by atoms with Crippen LogP contribution in [0.1, 0.15) is 54.4 Å². The van der Waals surface area contributed by atoms with Crippen molar-refractivity contribution in [3.05, 3.63) is 34.3 Å². The van der Waals surface area contributed by atoms with Gasteiger partial charge in [0.2, 0.25) is 0 Å². The second-order valence-corrected chi connectivity index (χ2v) is 7.42. The van der Waals surface area contributed by atoms with Crippen molar-refractivity contribution in [3.63, 3.8) is 0 Å². The highest BCUT2D eigenvalue weighted by Crippen LogP contribution is 2.44. The molecule has 1 aromatic rings. The predicted octanol–water partition coefficient (Wildman–Crippen LogP) is 4.68. The SMILES string of the molecule is Cc1ccc(C(=O)N2N=C(C3CCCCC3)CC2(O)C(F)(F)F)c(Cl)c1. The maximum atomic E-state index is 13.6. The number of nitrogens with zero attached hydrogens (tertiary/aromatic N) is 2. The number of hydrazone groups is 1. The molecule has 1 N–H and O–H groups in total. The highest BCUT2D eigenvalue weighted by Gasteiger charge is 2.63. The summed E-state index contributed by atoms with van der Waals surface area (Å²) >= 11 is 6.04. The third-order valence-electron chi connectivity index (χ3n) is 5.08. The number of benzene rings is 1. The summed E-state index contributed by atoms with van der Waals surface area (Å²) in [6.45, 7) is 1.75. The fraction of sp³-hybridized carbons (Fsp3) is 0.556. The fourth-order valence-corrected chi connectivity index (χ4v) is 3.89. The number of hydrogen-bond acceptors (Lipinski definition) is 3. The van der Waals surface area contributed by atoms with Gasteiger partial charge in [-0.2, -0.15) is 23.3 Å². The number of carbonyl (C=O) groups is 1. The summed E-state index contributed by atoms with van der Waals surface area (Å²) in [5.74, 6) is -1.19. The Hall–Kier alpha value is -1.60. The lowest BCUT2D eigenvalue weighted by molar-refractivity contribution is -0.297. The third kappa shape index (κ3) is 3.34. The van der Waals surface area contributed by atoms with E-state index in [9.17, 15) is 23.1 Å². The van der Waals surface area contributed by atoms with Gasteiger partial charge in [-0.15, -0.1) is 0 Å². The van der Waals surface area contributed by atoms with Crippen LogP contribution in [0.5, 0.6) is 0 Å². The first-order chi connectivity index (χ1) is 12.1. The lowest BCUT2D eigenvalue weighted by Crippen LogP contribution is -2.56. The minimum Gasteiger partial charge on any atom is -0.362 e. The molecule has 1 atom stereocenters. The average molecular weight is 389 g/mol. The second-order valence-electron chi connectivity index (χ2n) is 7.02. The molecule has 3 rings (SSSR count). The smallest absolute Gasteiger partial charge is 0.362 e. The van der Waals surface area contributed by atoms with Crippen molar-refractivity contribution in [3.8, 4) is 0 Å². The van der Waals surface area contributed by atoms with Gasteiger partial charge in [0.1, 0.15) is 0 Å². The summed E-state index contributed by atoms with van der Waals surface area (Å²) < 4.78 is 40.9. The Morgan fingerprint density at radius 3 is 2.54 bits per heavy atom. The van der Waals surface area contributed by atoms with E-state index in [0.717, 1.165) is 37.7 Å². The van der Waals surface area contributed by atoms with Crippen LogP contribution in [-0.4, -0.2) is 33.6 Å². The number of carbonyl (C=O) groups excluding carboxylic acids is 1. The zero-order chi connectivity index (χ0) is 19.1. The van der Waals surface area contributed by atoms with Crippen molar-refractivity contribution >= 4 is 23.2 Å². The zero-order valence-corrected chi connectivity index (χ0v) is 15.1. The molecule has 1 aromatic carbocycles. The molecule has 1 fully saturated rings. The summed E-state index contributed by atoms with van der Waals surface area (Å²) in [4.78, 5) is 12.7. The third-order valence-corrected chi connectivity index (χ3v) is 5.40. The van der Waals surface area contributed by atoms with E-state index in [1.807, 2.05) is 0 Å². The highest BCUT2D eigenvalue weighted by molar-refractivity contribution is 6.34. The van der Waals surface area contributed by atoms with Crippen LogP contribution in [0.4, 0.5) is 13.2 Å². The van der Waals surface area contributed by atoms with Gasteiger partial charge >= 0.3 is 6.18 Å². The normalized spacial score (nSPS) is 24.7. The van der Waals surface area contributed by atoms with Gasteiger partial charge in [0, 0.05) is 12.1 Å². The van der Waals surface area contributed by atoms with E-state index in [1.165, 1.54) is 12.1 Å². The van der Waals surface area contributed by atoms with Crippen molar-refractivity contribution in [2.45, 2.75) is 57.3 Å². The Labute approximate surface area is 154 Å². The van der Waals surface area contributed by atoms with E-state index >= 15 is 0 Å². The van der Waals surface area contributed by atoms with Crippen LogP contribution in [-0.2, 0) is 0 Å². The molecule has 0 spiro atoms. The maximum Gasteiger partial charge on any atom is 0.438 e. The van der Waals surface area contributed by atoms with Crippen molar-refractivity contribution < 1.29 is 23.1 Å². The first-order valence-electron chi connectivity index (χ1n) is 8.60. The number of aliphatic hydroxyl groups is 1. The summed E-state index contributed by atoms with van der Waals surface area (Å²) in [5, 5.41) is 14.5. The van der Waals surface area contributed by atoms with Crippen molar-refractivity contribution in [2.75, 3.05) is 0 Å². The molecule has 0 aromatic heterocycles. The summed E-state index contributed by atoms with van der Waals surface area (Å²) in [6.07, 6.45) is -1.44. The molecule has 1 amide bonds. The second kappa shape index (κ2) is 6.85. The monoisotopic (exact) mass is 388 g/mol. The molecular formula is C18H20ClF3N2O2. The van der Waals surface area contributed by atoms with E-state index in [0.29, 0.717) is 0 Å². The molecule has 0 saturated heterocycles. The Balaban J connectivity index is 1.98. The van der Waals surface area contributed by atoms with E-state index in [2.05, 4.69) is 5.10 Å². The van der Waals surface area contributed by atoms with Gasteiger partial charge < -0.3 is 5.11 Å². The predicted molar refractivity (Wildman–Crippen MR) is 92.0 cm³/mol. The number of halogens is 4. The molecular weight excluding hydrogens is 369 g/mol. The lowest BCUT2D eigenvalue weighted by Gasteiger charge is -2.33. The van der Waals surface area contributed by atoms with Gasteiger partial charge in [-0.1, -0.05) is 36.9 Å². The molecule has 8 heteroatoms. The molecule has 1 aliphatic carbocycles. The maximum absolute atomic E-state index is 13.6. The molecule has 0 radical (unpaired) electrons. The molecule has 1 saturated carbocycles. The molecule has 1 aliphatic heterocycles. The van der Waals surface area contributed by atoms with Crippen LogP contribution in [0.2, 0.25) is 5.02 Å². The van der Waals surface area contributed by atoms with Crippen molar-refractivity contribution in [1.82, 2.24) is 5.01 Å². The van der Waals surface area contributed by atoms with E-state index in [1.54, 1.807) is 13.0 Å². The van der Waals surface area contributed by atoms with Gasteiger partial charge in [0.05, 0.1) is 10.6 Å². The minimum atomic E-state index is -5.03. The molecule has 26 heavy (non-hydrogen) atoms. The van der Waals surface area contributed by atoms with Crippen LogP contribution < -0.4 is 0 Å². The molecule has 0 bridgehead atoms. The number of alkyl halides is 3. The Kier molecular flexibility index (Phi) is 5.05. The summed E-state index contributed by atoms with van der Waals surface area (Å²) in [6, 6.07) is 4.42. The number of rotatable bonds is 2. The summed E-state index contributed by atoms with van der Waals surface area (Å²) in [7, 11) is 0. The quantitative estimate of drug-likeness (QED) is 0.799. The largest absolute Gasteiger partial charge is 0.438 e.